The van der Waals surface area contributed by atoms with E-state index >= 15 is 4.39 Å². The van der Waals surface area contributed by atoms with Gasteiger partial charge in [0.2, 0.25) is 0 Å². The molecule has 12 aromatic rings. The first kappa shape index (κ1) is 33.4. The van der Waals surface area contributed by atoms with Crippen LogP contribution in [0.4, 0.5) is 4.39 Å². The summed E-state index contributed by atoms with van der Waals surface area (Å²) in [6.45, 7) is 0. The lowest BCUT2D eigenvalue weighted by molar-refractivity contribution is 0.621. The number of rotatable bonds is 5. The summed E-state index contributed by atoms with van der Waals surface area (Å²) in [6, 6.07) is 74.8. The quantitative estimate of drug-likeness (QED) is 0.155. The van der Waals surface area contributed by atoms with Gasteiger partial charge in [0, 0.05) is 27.2 Å². The lowest BCUT2D eigenvalue weighted by Gasteiger charge is -2.18. The fourth-order valence-corrected chi connectivity index (χ4v) is 9.61. The summed E-state index contributed by atoms with van der Waals surface area (Å²) >= 11 is 0. The van der Waals surface area contributed by atoms with Gasteiger partial charge in [0.25, 0.3) is 0 Å². The number of para-hydroxylation sites is 3. The molecule has 0 spiro atoms. The minimum Gasteiger partial charge on any atom is -0.309 e. The largest absolute Gasteiger partial charge is 0.309 e. The van der Waals surface area contributed by atoms with E-state index in [1.165, 1.54) is 66.2 Å². The van der Waals surface area contributed by atoms with E-state index in [1.54, 1.807) is 6.07 Å². The summed E-state index contributed by atoms with van der Waals surface area (Å²) in [6.07, 6.45) is 0. The van der Waals surface area contributed by atoms with Crippen molar-refractivity contribution in [1.82, 2.24) is 9.13 Å². The van der Waals surface area contributed by atoms with Crippen LogP contribution in [-0.4, -0.2) is 9.13 Å². The highest BCUT2D eigenvalue weighted by atomic mass is 19.1. The first-order valence-electron chi connectivity index (χ1n) is 20.1. The third-order valence-corrected chi connectivity index (χ3v) is 12.2. The van der Waals surface area contributed by atoms with E-state index in [0.717, 1.165) is 44.1 Å². The molecule has 0 saturated heterocycles. The molecule has 0 aliphatic heterocycles. The molecule has 0 bridgehead atoms. The Morgan fingerprint density at radius 3 is 1.20 bits per heavy atom. The highest BCUT2D eigenvalue weighted by Gasteiger charge is 2.19. The van der Waals surface area contributed by atoms with Gasteiger partial charge in [-0.25, -0.2) is 4.39 Å². The second kappa shape index (κ2) is 13.2. The molecule has 2 heterocycles. The van der Waals surface area contributed by atoms with E-state index in [2.05, 4.69) is 187 Å². The molecule has 0 atom stereocenters. The zero-order valence-corrected chi connectivity index (χ0v) is 32.0. The van der Waals surface area contributed by atoms with Crippen LogP contribution in [0.15, 0.2) is 212 Å². The van der Waals surface area contributed by atoms with Crippen LogP contribution in [0, 0.1) is 5.82 Å². The summed E-state index contributed by atoms with van der Waals surface area (Å²) in [7, 11) is 0. The summed E-state index contributed by atoms with van der Waals surface area (Å²) in [5, 5.41) is 9.61. The second-order valence-corrected chi connectivity index (χ2v) is 15.4. The molecule has 59 heavy (non-hydrogen) atoms. The van der Waals surface area contributed by atoms with Crippen molar-refractivity contribution in [2.75, 3.05) is 0 Å². The smallest absolute Gasteiger partial charge is 0.147 e. The van der Waals surface area contributed by atoms with E-state index in [1.807, 2.05) is 22.8 Å². The molecule has 0 saturated carbocycles. The Balaban J connectivity index is 0.992. The maximum absolute atomic E-state index is 15.2. The first-order valence-corrected chi connectivity index (χ1v) is 20.1. The van der Waals surface area contributed by atoms with E-state index in [9.17, 15) is 0 Å². The van der Waals surface area contributed by atoms with Crippen LogP contribution in [0.5, 0.6) is 0 Å². The average Bonchev–Trinajstić information content (AvgIpc) is 3.81. The van der Waals surface area contributed by atoms with Gasteiger partial charge >= 0.3 is 0 Å². The predicted molar refractivity (Wildman–Crippen MR) is 246 cm³/mol. The third-order valence-electron chi connectivity index (χ3n) is 12.2. The standard InChI is InChI=1S/C56H35FN2/c57-49-22-10-13-25-54(49)59-51-24-12-9-17-42(51)48-35-39(29-33-53(48)59)38-28-32-52-47(34-38)41-16-8-11-23-50(41)58(52)40-30-26-37(27-31-40)56-45-20-6-4-18-43(45)55(36-14-2-1-3-15-36)44-19-5-7-21-46(44)56/h1-35H. The Labute approximate surface area is 340 Å². The van der Waals surface area contributed by atoms with Crippen molar-refractivity contribution in [3.8, 4) is 44.8 Å². The number of halogens is 1. The van der Waals surface area contributed by atoms with Crippen LogP contribution < -0.4 is 0 Å². The molecule has 12 rings (SSSR count). The fraction of sp³-hybridized carbons (Fsp3) is 0. The van der Waals surface area contributed by atoms with Crippen molar-refractivity contribution >= 4 is 65.2 Å². The minimum absolute atomic E-state index is 0.241. The fourth-order valence-electron chi connectivity index (χ4n) is 9.61. The van der Waals surface area contributed by atoms with Crippen molar-refractivity contribution in [2.45, 2.75) is 0 Å². The topological polar surface area (TPSA) is 9.86 Å². The molecule has 0 N–H and O–H groups in total. The van der Waals surface area contributed by atoms with Gasteiger partial charge in [0.1, 0.15) is 5.82 Å². The van der Waals surface area contributed by atoms with Crippen LogP contribution in [0.1, 0.15) is 0 Å². The van der Waals surface area contributed by atoms with Gasteiger partial charge in [-0.05, 0) is 116 Å². The maximum atomic E-state index is 15.2. The van der Waals surface area contributed by atoms with Gasteiger partial charge in [-0.1, -0.05) is 152 Å². The number of benzene rings is 10. The van der Waals surface area contributed by atoms with Gasteiger partial charge in [0.05, 0.1) is 27.8 Å². The zero-order chi connectivity index (χ0) is 39.0. The molecular weight excluding hydrogens is 720 g/mol. The van der Waals surface area contributed by atoms with E-state index < -0.39 is 0 Å². The Bertz CT molecular complexity index is 3550. The van der Waals surface area contributed by atoms with Gasteiger partial charge in [-0.3, -0.25) is 0 Å². The molecule has 0 aliphatic rings. The number of hydrogen-bond acceptors (Lipinski definition) is 0. The van der Waals surface area contributed by atoms with Gasteiger partial charge < -0.3 is 9.13 Å². The number of aromatic nitrogens is 2. The summed E-state index contributed by atoms with van der Waals surface area (Å²) in [5.41, 5.74) is 13.2. The monoisotopic (exact) mass is 754 g/mol. The SMILES string of the molecule is Fc1ccccc1-n1c2ccccc2c2cc(-c3ccc4c(c3)c3ccccc3n4-c3ccc(-c4c5ccccc5c(-c5ccccc5)c5ccccc45)cc3)ccc21. The maximum Gasteiger partial charge on any atom is 0.147 e. The van der Waals surface area contributed by atoms with Crippen molar-refractivity contribution in [1.29, 1.82) is 0 Å². The summed E-state index contributed by atoms with van der Waals surface area (Å²) < 4.78 is 19.6. The third kappa shape index (κ3) is 5.11. The molecule has 276 valence electrons. The first-order chi connectivity index (χ1) is 29.2. The molecule has 0 fully saturated rings. The second-order valence-electron chi connectivity index (χ2n) is 15.4. The van der Waals surface area contributed by atoms with Crippen LogP contribution >= 0.6 is 0 Å². The zero-order valence-electron chi connectivity index (χ0n) is 32.0. The van der Waals surface area contributed by atoms with Crippen molar-refractivity contribution in [3.63, 3.8) is 0 Å². The molecule has 0 unspecified atom stereocenters. The highest BCUT2D eigenvalue weighted by molar-refractivity contribution is 6.21. The Morgan fingerprint density at radius 1 is 0.271 bits per heavy atom. The summed E-state index contributed by atoms with van der Waals surface area (Å²) in [4.78, 5) is 0. The van der Waals surface area contributed by atoms with Gasteiger partial charge in [-0.2, -0.15) is 0 Å². The predicted octanol–water partition coefficient (Wildman–Crippen LogP) is 15.3. The molecule has 0 radical (unpaired) electrons. The molecule has 0 amide bonds. The number of fused-ring (bicyclic) bond motifs is 8. The van der Waals surface area contributed by atoms with Crippen LogP contribution in [-0.2, 0) is 0 Å². The Morgan fingerprint density at radius 2 is 0.661 bits per heavy atom. The van der Waals surface area contributed by atoms with Crippen molar-refractivity contribution in [2.24, 2.45) is 0 Å². The Kier molecular flexibility index (Phi) is 7.45. The molecule has 0 aliphatic carbocycles. The van der Waals surface area contributed by atoms with E-state index in [-0.39, 0.29) is 5.82 Å². The number of hydrogen-bond donors (Lipinski definition) is 0. The highest BCUT2D eigenvalue weighted by Crippen LogP contribution is 2.44. The van der Waals surface area contributed by atoms with Crippen LogP contribution in [0.25, 0.3) is 110 Å². The normalized spacial score (nSPS) is 11.8. The van der Waals surface area contributed by atoms with E-state index in [4.69, 9.17) is 0 Å². The van der Waals surface area contributed by atoms with Crippen molar-refractivity contribution < 1.29 is 4.39 Å². The van der Waals surface area contributed by atoms with E-state index in [0.29, 0.717) is 5.69 Å². The molecule has 2 aromatic heterocycles. The molecule has 10 aromatic carbocycles. The lowest BCUT2D eigenvalue weighted by Crippen LogP contribution is -1.97. The average molecular weight is 755 g/mol. The minimum atomic E-state index is -0.241. The lowest BCUT2D eigenvalue weighted by atomic mass is 9.86. The molecule has 3 heteroatoms. The number of nitrogens with zero attached hydrogens (tertiary/aromatic N) is 2. The van der Waals surface area contributed by atoms with Crippen LogP contribution in [0.2, 0.25) is 0 Å². The van der Waals surface area contributed by atoms with Gasteiger partial charge in [-0.15, -0.1) is 0 Å². The molecular formula is C56H35FN2. The van der Waals surface area contributed by atoms with Crippen LogP contribution in [0.3, 0.4) is 0 Å². The Hall–Kier alpha value is -7.75. The summed E-state index contributed by atoms with van der Waals surface area (Å²) in [5.74, 6) is -0.241. The van der Waals surface area contributed by atoms with Crippen molar-refractivity contribution in [3.05, 3.63) is 218 Å². The molecule has 2 nitrogen and oxygen atoms in total. The van der Waals surface area contributed by atoms with Gasteiger partial charge in [0.15, 0.2) is 0 Å².